The molecule has 1 heterocycles. The Bertz CT molecular complexity index is 872. The Balaban J connectivity index is 2.38. The first-order valence-electron chi connectivity index (χ1n) is 6.24. The van der Waals surface area contributed by atoms with E-state index in [1.165, 1.54) is 25.3 Å². The molecule has 0 atom stereocenters. The van der Waals surface area contributed by atoms with Gasteiger partial charge < -0.3 is 9.84 Å². The van der Waals surface area contributed by atoms with Crippen LogP contribution in [0.2, 0.25) is 8.67 Å². The summed E-state index contributed by atoms with van der Waals surface area (Å²) in [5, 5.41) is 9.83. The quantitative estimate of drug-likeness (QED) is 0.796. The van der Waals surface area contributed by atoms with Gasteiger partial charge in [-0.1, -0.05) is 29.3 Å². The standard InChI is InChI=1S/C14H12Cl2O5S2/c1-7-11(13(16)22-12(7)15)23(19,20)6-8-3-4-9(10(17)5-8)14(18)21-2/h3-5,17H,6H2,1-2H3. The minimum absolute atomic E-state index is 0.00861. The second-order valence-corrected chi connectivity index (χ2v) is 8.86. The van der Waals surface area contributed by atoms with Crippen LogP contribution in [0.5, 0.6) is 5.75 Å². The number of aromatic hydroxyl groups is 1. The number of methoxy groups -OCH3 is 1. The molecule has 2 aromatic rings. The van der Waals surface area contributed by atoms with Gasteiger partial charge in [0.2, 0.25) is 0 Å². The van der Waals surface area contributed by atoms with Crippen molar-refractivity contribution in [2.24, 2.45) is 0 Å². The first-order chi connectivity index (χ1) is 10.7. The molecule has 9 heteroatoms. The highest BCUT2D eigenvalue weighted by molar-refractivity contribution is 7.91. The molecule has 0 fully saturated rings. The van der Waals surface area contributed by atoms with E-state index >= 15 is 0 Å². The fourth-order valence-corrected chi connectivity index (χ4v) is 6.07. The van der Waals surface area contributed by atoms with Crippen molar-refractivity contribution in [3.8, 4) is 5.75 Å². The van der Waals surface area contributed by atoms with Crippen LogP contribution in [0, 0.1) is 6.92 Å². The number of esters is 1. The predicted molar refractivity (Wildman–Crippen MR) is 89.4 cm³/mol. The van der Waals surface area contributed by atoms with Crippen molar-refractivity contribution in [2.75, 3.05) is 7.11 Å². The molecule has 1 N–H and O–H groups in total. The van der Waals surface area contributed by atoms with E-state index in [1.807, 2.05) is 0 Å². The average molecular weight is 395 g/mol. The van der Waals surface area contributed by atoms with Gasteiger partial charge >= 0.3 is 5.97 Å². The molecule has 0 amide bonds. The Labute approximate surface area is 147 Å². The van der Waals surface area contributed by atoms with Gasteiger partial charge in [-0.25, -0.2) is 13.2 Å². The number of carbonyl (C=O) groups excluding carboxylic acids is 1. The summed E-state index contributed by atoms with van der Waals surface area (Å²) in [5.74, 6) is -1.44. The lowest BCUT2D eigenvalue weighted by Crippen LogP contribution is -2.07. The van der Waals surface area contributed by atoms with Crippen molar-refractivity contribution >= 4 is 50.3 Å². The second kappa shape index (κ2) is 6.68. The van der Waals surface area contributed by atoms with E-state index in [0.29, 0.717) is 15.5 Å². The molecule has 5 nitrogen and oxygen atoms in total. The third-order valence-electron chi connectivity index (χ3n) is 3.13. The van der Waals surface area contributed by atoms with Crippen LogP contribution in [-0.2, 0) is 20.3 Å². The SMILES string of the molecule is COC(=O)c1ccc(CS(=O)(=O)c2c(Cl)sc(Cl)c2C)cc1O. The van der Waals surface area contributed by atoms with Crippen molar-refractivity contribution in [3.63, 3.8) is 0 Å². The van der Waals surface area contributed by atoms with Crippen molar-refractivity contribution < 1.29 is 23.1 Å². The smallest absolute Gasteiger partial charge is 0.341 e. The fraction of sp³-hybridized carbons (Fsp3) is 0.214. The van der Waals surface area contributed by atoms with Crippen LogP contribution < -0.4 is 0 Å². The minimum atomic E-state index is -3.74. The largest absolute Gasteiger partial charge is 0.507 e. The van der Waals surface area contributed by atoms with E-state index in [-0.39, 0.29) is 26.3 Å². The molecule has 0 saturated heterocycles. The molecule has 0 aliphatic rings. The van der Waals surface area contributed by atoms with Crippen LogP contribution in [-0.4, -0.2) is 26.6 Å². The first kappa shape index (κ1) is 18.1. The van der Waals surface area contributed by atoms with Crippen LogP contribution >= 0.6 is 34.5 Å². The lowest BCUT2D eigenvalue weighted by molar-refractivity contribution is 0.0597. The maximum atomic E-state index is 12.5. The van der Waals surface area contributed by atoms with Gasteiger partial charge in [-0.3, -0.25) is 0 Å². The Kier molecular flexibility index (Phi) is 5.25. The van der Waals surface area contributed by atoms with Gasteiger partial charge in [-0.2, -0.15) is 0 Å². The Morgan fingerprint density at radius 3 is 2.43 bits per heavy atom. The van der Waals surface area contributed by atoms with Gasteiger partial charge in [0.05, 0.1) is 17.2 Å². The first-order valence-corrected chi connectivity index (χ1v) is 9.47. The zero-order valence-electron chi connectivity index (χ0n) is 12.1. The summed E-state index contributed by atoms with van der Waals surface area (Å²) in [4.78, 5) is 11.4. The molecule has 2 rings (SSSR count). The number of ether oxygens (including phenoxy) is 1. The zero-order valence-corrected chi connectivity index (χ0v) is 15.2. The number of sulfone groups is 1. The fourth-order valence-electron chi connectivity index (χ4n) is 2.03. The number of thiophene rings is 1. The van der Waals surface area contributed by atoms with Crippen LogP contribution in [0.4, 0.5) is 0 Å². The monoisotopic (exact) mass is 394 g/mol. The van der Waals surface area contributed by atoms with Gasteiger partial charge in [-0.05, 0) is 30.2 Å². The van der Waals surface area contributed by atoms with Crippen molar-refractivity contribution in [3.05, 3.63) is 43.6 Å². The third kappa shape index (κ3) is 3.63. The summed E-state index contributed by atoms with van der Waals surface area (Å²) >= 11 is 12.9. The van der Waals surface area contributed by atoms with Crippen molar-refractivity contribution in [2.45, 2.75) is 17.6 Å². The summed E-state index contributed by atoms with van der Waals surface area (Å²) < 4.78 is 30.0. The molecular formula is C14H12Cl2O5S2. The molecule has 1 aromatic heterocycles. The number of halogens is 2. The average Bonchev–Trinajstić information content (AvgIpc) is 2.71. The molecule has 0 saturated carbocycles. The Hall–Kier alpha value is -1.28. The molecule has 23 heavy (non-hydrogen) atoms. The highest BCUT2D eigenvalue weighted by atomic mass is 35.5. The van der Waals surface area contributed by atoms with E-state index in [9.17, 15) is 18.3 Å². The maximum Gasteiger partial charge on any atom is 0.341 e. The third-order valence-corrected chi connectivity index (χ3v) is 7.02. The summed E-state index contributed by atoms with van der Waals surface area (Å²) in [5.41, 5.74) is 0.673. The number of phenolic OH excluding ortho intramolecular Hbond substituents is 1. The summed E-state index contributed by atoms with van der Waals surface area (Å²) in [6.07, 6.45) is 0. The van der Waals surface area contributed by atoms with Gasteiger partial charge in [0.25, 0.3) is 0 Å². The highest BCUT2D eigenvalue weighted by Gasteiger charge is 2.26. The van der Waals surface area contributed by atoms with E-state index in [1.54, 1.807) is 6.92 Å². The van der Waals surface area contributed by atoms with Crippen LogP contribution in [0.3, 0.4) is 0 Å². The molecule has 0 bridgehead atoms. The summed E-state index contributed by atoms with van der Waals surface area (Å²) in [6, 6.07) is 3.95. The Morgan fingerprint density at radius 2 is 1.96 bits per heavy atom. The van der Waals surface area contributed by atoms with Gasteiger partial charge in [0, 0.05) is 0 Å². The van der Waals surface area contributed by atoms with E-state index in [4.69, 9.17) is 23.2 Å². The Morgan fingerprint density at radius 1 is 1.30 bits per heavy atom. The highest BCUT2D eigenvalue weighted by Crippen LogP contribution is 2.40. The molecule has 124 valence electrons. The number of hydrogen-bond donors (Lipinski definition) is 1. The number of phenols is 1. The summed E-state index contributed by atoms with van der Waals surface area (Å²) in [7, 11) is -2.56. The van der Waals surface area contributed by atoms with E-state index in [2.05, 4.69) is 4.74 Å². The molecule has 0 unspecified atom stereocenters. The molecule has 0 radical (unpaired) electrons. The van der Waals surface area contributed by atoms with Crippen molar-refractivity contribution in [1.82, 2.24) is 0 Å². The molecule has 0 aliphatic carbocycles. The number of hydrogen-bond acceptors (Lipinski definition) is 6. The van der Waals surface area contributed by atoms with Gasteiger partial charge in [-0.15, -0.1) is 11.3 Å². The predicted octanol–water partition coefficient (Wildman–Crippen LogP) is 3.83. The van der Waals surface area contributed by atoms with Crippen molar-refractivity contribution in [1.29, 1.82) is 0 Å². The molecule has 0 aliphatic heterocycles. The normalized spacial score (nSPS) is 11.5. The number of carbonyl (C=O) groups is 1. The molecule has 0 spiro atoms. The van der Waals surface area contributed by atoms with Crippen LogP contribution in [0.15, 0.2) is 23.1 Å². The number of rotatable bonds is 4. The van der Waals surface area contributed by atoms with E-state index in [0.717, 1.165) is 11.3 Å². The molecule has 1 aromatic carbocycles. The number of benzene rings is 1. The van der Waals surface area contributed by atoms with Gasteiger partial charge in [0.15, 0.2) is 9.84 Å². The lowest BCUT2D eigenvalue weighted by atomic mass is 10.1. The topological polar surface area (TPSA) is 80.7 Å². The maximum absolute atomic E-state index is 12.5. The van der Waals surface area contributed by atoms with Gasteiger partial charge in [0.1, 0.15) is 20.5 Å². The van der Waals surface area contributed by atoms with Crippen LogP contribution in [0.25, 0.3) is 0 Å². The van der Waals surface area contributed by atoms with Crippen LogP contribution in [0.1, 0.15) is 21.5 Å². The molecular weight excluding hydrogens is 383 g/mol. The lowest BCUT2D eigenvalue weighted by Gasteiger charge is -2.08. The van der Waals surface area contributed by atoms with E-state index < -0.39 is 15.8 Å². The summed E-state index contributed by atoms with van der Waals surface area (Å²) in [6.45, 7) is 1.58. The minimum Gasteiger partial charge on any atom is -0.507 e. The zero-order chi connectivity index (χ0) is 17.4. The second-order valence-electron chi connectivity index (χ2n) is 4.71.